The highest BCUT2D eigenvalue weighted by atomic mass is 32.1. The highest BCUT2D eigenvalue weighted by Crippen LogP contribution is 2.16. The van der Waals surface area contributed by atoms with Crippen molar-refractivity contribution >= 4 is 17.2 Å². The van der Waals surface area contributed by atoms with Gasteiger partial charge in [-0.3, -0.25) is 9.69 Å². The summed E-state index contributed by atoms with van der Waals surface area (Å²) in [6, 6.07) is 8.04. The first kappa shape index (κ1) is 18.6. The van der Waals surface area contributed by atoms with Crippen molar-refractivity contribution in [3.8, 4) is 11.8 Å². The van der Waals surface area contributed by atoms with Gasteiger partial charge in [0.1, 0.15) is 4.88 Å². The fraction of sp³-hybridized carbons (Fsp3) is 0.400. The largest absolute Gasteiger partial charge is 0.383 e. The Kier molecular flexibility index (Phi) is 6.40. The number of amides is 1. The Balaban J connectivity index is 1.59. The molecule has 0 saturated carbocycles. The zero-order valence-electron chi connectivity index (χ0n) is 15.2. The van der Waals surface area contributed by atoms with Crippen LogP contribution in [0.3, 0.4) is 0 Å². The van der Waals surface area contributed by atoms with Gasteiger partial charge in [-0.1, -0.05) is 18.1 Å². The monoisotopic (exact) mass is 369 g/mol. The number of piperazine rings is 1. The molecule has 1 aromatic carbocycles. The van der Waals surface area contributed by atoms with Crippen molar-refractivity contribution < 1.29 is 9.53 Å². The Morgan fingerprint density at radius 1 is 1.27 bits per heavy atom. The average Bonchev–Trinajstić information content (AvgIpc) is 3.14. The van der Waals surface area contributed by atoms with Crippen molar-refractivity contribution in [1.29, 1.82) is 0 Å². The van der Waals surface area contributed by atoms with E-state index in [2.05, 4.69) is 21.7 Å². The van der Waals surface area contributed by atoms with E-state index >= 15 is 0 Å². The van der Waals surface area contributed by atoms with Gasteiger partial charge in [0.05, 0.1) is 12.8 Å². The molecule has 6 heteroatoms. The van der Waals surface area contributed by atoms with Gasteiger partial charge in [0, 0.05) is 45.4 Å². The number of benzene rings is 1. The molecular weight excluding hydrogens is 346 g/mol. The van der Waals surface area contributed by atoms with Crippen LogP contribution in [0.1, 0.15) is 25.8 Å². The number of carbonyl (C=O) groups is 1. The molecular formula is C20H23N3O2S. The van der Waals surface area contributed by atoms with Gasteiger partial charge in [0.25, 0.3) is 5.91 Å². The van der Waals surface area contributed by atoms with Crippen LogP contribution in [0.2, 0.25) is 0 Å². The summed E-state index contributed by atoms with van der Waals surface area (Å²) in [4.78, 5) is 21.8. The summed E-state index contributed by atoms with van der Waals surface area (Å²) in [7, 11) is 1.71. The van der Waals surface area contributed by atoms with Crippen molar-refractivity contribution in [2.45, 2.75) is 6.92 Å². The zero-order valence-corrected chi connectivity index (χ0v) is 16.0. The lowest BCUT2D eigenvalue weighted by atomic mass is 10.1. The molecule has 0 aliphatic carbocycles. The first-order chi connectivity index (χ1) is 12.7. The van der Waals surface area contributed by atoms with Crippen LogP contribution in [0.5, 0.6) is 0 Å². The van der Waals surface area contributed by atoms with E-state index in [-0.39, 0.29) is 5.91 Å². The maximum Gasteiger partial charge on any atom is 0.265 e. The van der Waals surface area contributed by atoms with Crippen LogP contribution in [0.15, 0.2) is 30.5 Å². The fourth-order valence-corrected chi connectivity index (χ4v) is 3.57. The van der Waals surface area contributed by atoms with Crippen molar-refractivity contribution in [3.63, 3.8) is 0 Å². The number of carbonyl (C=O) groups excluding carboxylic acids is 1. The summed E-state index contributed by atoms with van der Waals surface area (Å²) in [5.74, 6) is 6.23. The fourth-order valence-electron chi connectivity index (χ4n) is 2.83. The molecule has 1 saturated heterocycles. The highest BCUT2D eigenvalue weighted by Gasteiger charge is 2.23. The van der Waals surface area contributed by atoms with Gasteiger partial charge in [0.2, 0.25) is 0 Å². The summed E-state index contributed by atoms with van der Waals surface area (Å²) >= 11 is 1.36. The van der Waals surface area contributed by atoms with Crippen LogP contribution in [-0.2, 0) is 4.74 Å². The van der Waals surface area contributed by atoms with Gasteiger partial charge in [0.15, 0.2) is 5.01 Å². The minimum absolute atomic E-state index is 0.0532. The quantitative estimate of drug-likeness (QED) is 0.776. The van der Waals surface area contributed by atoms with E-state index in [9.17, 15) is 4.79 Å². The van der Waals surface area contributed by atoms with Gasteiger partial charge < -0.3 is 9.64 Å². The predicted molar refractivity (Wildman–Crippen MR) is 103 cm³/mol. The van der Waals surface area contributed by atoms with Crippen LogP contribution in [0, 0.1) is 18.8 Å². The number of rotatable bonds is 4. The second-order valence-electron chi connectivity index (χ2n) is 6.28. The molecule has 3 rings (SSSR count). The molecule has 0 N–H and O–H groups in total. The van der Waals surface area contributed by atoms with E-state index in [0.717, 1.165) is 44.9 Å². The van der Waals surface area contributed by atoms with Gasteiger partial charge in [-0.2, -0.15) is 0 Å². The van der Waals surface area contributed by atoms with Crippen LogP contribution >= 0.6 is 11.3 Å². The van der Waals surface area contributed by atoms with Crippen LogP contribution < -0.4 is 0 Å². The van der Waals surface area contributed by atoms with Crippen molar-refractivity contribution in [2.75, 3.05) is 46.4 Å². The molecule has 5 nitrogen and oxygen atoms in total. The lowest BCUT2D eigenvalue weighted by Gasteiger charge is -2.34. The molecule has 136 valence electrons. The molecule has 1 aliphatic heterocycles. The molecule has 0 radical (unpaired) electrons. The second kappa shape index (κ2) is 8.95. The molecule has 0 atom stereocenters. The summed E-state index contributed by atoms with van der Waals surface area (Å²) in [6.07, 6.45) is 1.64. The van der Waals surface area contributed by atoms with Crippen molar-refractivity contribution in [1.82, 2.24) is 14.8 Å². The summed E-state index contributed by atoms with van der Waals surface area (Å²) < 4.78 is 5.11. The lowest BCUT2D eigenvalue weighted by Crippen LogP contribution is -2.49. The maximum atomic E-state index is 12.7. The minimum atomic E-state index is 0.0532. The van der Waals surface area contributed by atoms with Gasteiger partial charge in [-0.25, -0.2) is 4.98 Å². The Hall–Kier alpha value is -2.20. The first-order valence-electron chi connectivity index (χ1n) is 8.71. The lowest BCUT2D eigenvalue weighted by molar-refractivity contribution is 0.0598. The first-order valence-corrected chi connectivity index (χ1v) is 9.52. The molecule has 1 aromatic heterocycles. The van der Waals surface area contributed by atoms with Gasteiger partial charge in [-0.15, -0.1) is 11.3 Å². The molecule has 2 aromatic rings. The highest BCUT2D eigenvalue weighted by molar-refractivity contribution is 7.14. The summed E-state index contributed by atoms with van der Waals surface area (Å²) in [5.41, 5.74) is 2.14. The van der Waals surface area contributed by atoms with Crippen LogP contribution in [-0.4, -0.2) is 67.1 Å². The third-order valence-corrected chi connectivity index (χ3v) is 5.22. The molecule has 1 fully saturated rings. The van der Waals surface area contributed by atoms with Crippen molar-refractivity contribution in [2.24, 2.45) is 0 Å². The van der Waals surface area contributed by atoms with E-state index in [4.69, 9.17) is 4.74 Å². The van der Waals surface area contributed by atoms with Crippen LogP contribution in [0.4, 0.5) is 0 Å². The topological polar surface area (TPSA) is 45.7 Å². The Labute approximate surface area is 158 Å². The number of methoxy groups -OCH3 is 1. The van der Waals surface area contributed by atoms with E-state index in [1.807, 2.05) is 36.1 Å². The van der Waals surface area contributed by atoms with E-state index in [0.29, 0.717) is 9.88 Å². The molecule has 0 spiro atoms. The molecule has 1 aliphatic rings. The number of nitrogens with zero attached hydrogens (tertiary/aromatic N) is 3. The number of aryl methyl sites for hydroxylation is 1. The zero-order chi connectivity index (χ0) is 18.4. The average molecular weight is 369 g/mol. The number of thiazole rings is 1. The number of aromatic nitrogens is 1. The predicted octanol–water partition coefficient (Wildman–Crippen LogP) is 2.26. The van der Waals surface area contributed by atoms with Gasteiger partial charge >= 0.3 is 0 Å². The van der Waals surface area contributed by atoms with Crippen LogP contribution in [0.25, 0.3) is 0 Å². The molecule has 26 heavy (non-hydrogen) atoms. The maximum absolute atomic E-state index is 12.7. The Morgan fingerprint density at radius 2 is 2.08 bits per heavy atom. The third-order valence-electron chi connectivity index (χ3n) is 4.32. The van der Waals surface area contributed by atoms with E-state index in [1.54, 1.807) is 13.3 Å². The van der Waals surface area contributed by atoms with E-state index < -0.39 is 0 Å². The number of ether oxygens (including phenoxy) is 1. The standard InChI is InChI=1S/C20H23N3O2S/c1-16-4-3-5-17(14-16)6-7-19-21-15-18(26-19)20(24)23-10-8-22(9-11-23)12-13-25-2/h3-5,14-15H,8-13H2,1-2H3. The molecule has 0 unspecified atom stereocenters. The third kappa shape index (κ3) is 4.92. The second-order valence-corrected chi connectivity index (χ2v) is 7.31. The molecule has 1 amide bonds. The SMILES string of the molecule is COCCN1CCN(C(=O)c2cnc(C#Cc3cccc(C)c3)s2)CC1. The number of hydrogen-bond donors (Lipinski definition) is 0. The molecule has 0 bridgehead atoms. The Bertz CT molecular complexity index is 814. The summed E-state index contributed by atoms with van der Waals surface area (Å²) in [6.45, 7) is 6.93. The summed E-state index contributed by atoms with van der Waals surface area (Å²) in [5, 5.41) is 0.675. The van der Waals surface area contributed by atoms with Gasteiger partial charge in [-0.05, 0) is 30.5 Å². The number of hydrogen-bond acceptors (Lipinski definition) is 5. The Morgan fingerprint density at radius 3 is 2.81 bits per heavy atom. The normalized spacial score (nSPS) is 14.8. The smallest absolute Gasteiger partial charge is 0.265 e. The molecule has 2 heterocycles. The van der Waals surface area contributed by atoms with Crippen molar-refractivity contribution in [3.05, 3.63) is 51.5 Å². The minimum Gasteiger partial charge on any atom is -0.383 e. The van der Waals surface area contributed by atoms with E-state index in [1.165, 1.54) is 16.9 Å².